The molecule has 8 aromatic rings. The molecule has 0 aliphatic carbocycles. The minimum absolute atomic E-state index is 0.132. The Labute approximate surface area is 424 Å². The highest BCUT2D eigenvalue weighted by Gasteiger charge is 2.24. The van der Waals surface area contributed by atoms with E-state index in [0.717, 1.165) is 96.7 Å². The Bertz CT molecular complexity index is 3200. The topological polar surface area (TPSA) is 176 Å². The SMILES string of the molecule is CCN1CCC(Nc2ccc(Nc3ncc(F)c(-c4ccc5nc(C)n(C(C)C)c5c4)n3)nc2)CC1.CCN1CCN(Cc2ccc(Nc3ncc(F)c(-c4ccc5nc(C)n(C(C)C)c5c4)n3)nc2)C(=O)C1. The molecule has 2 aliphatic rings. The van der Waals surface area contributed by atoms with Crippen LogP contribution in [-0.4, -0.2) is 121 Å². The van der Waals surface area contributed by atoms with E-state index in [1.54, 1.807) is 6.20 Å². The summed E-state index contributed by atoms with van der Waals surface area (Å²) in [7, 11) is 0. The molecule has 6 aromatic heterocycles. The second-order valence-corrected chi connectivity index (χ2v) is 19.2. The number of anilines is 5. The van der Waals surface area contributed by atoms with E-state index in [2.05, 4.69) is 116 Å². The molecule has 0 spiro atoms. The Morgan fingerprint density at radius 2 is 1.15 bits per heavy atom. The van der Waals surface area contributed by atoms with Crippen molar-refractivity contribution in [3.05, 3.63) is 114 Å². The Balaban J connectivity index is 0.000000180. The summed E-state index contributed by atoms with van der Waals surface area (Å²) < 4.78 is 33.8. The Kier molecular flexibility index (Phi) is 15.3. The normalized spacial score (nSPS) is 14.8. The van der Waals surface area contributed by atoms with E-state index in [9.17, 15) is 13.6 Å². The molecule has 8 heterocycles. The predicted octanol–water partition coefficient (Wildman–Crippen LogP) is 9.88. The molecule has 2 aromatic carbocycles. The number of nitrogens with one attached hydrogen (secondary N) is 3. The lowest BCUT2D eigenvalue weighted by molar-refractivity contribution is -0.136. The van der Waals surface area contributed by atoms with Crippen LogP contribution in [0.15, 0.2) is 85.5 Å². The van der Waals surface area contributed by atoms with Crippen molar-refractivity contribution in [1.29, 1.82) is 0 Å². The van der Waals surface area contributed by atoms with Crippen molar-refractivity contribution in [2.75, 3.05) is 61.8 Å². The number of carbonyl (C=O) groups is 1. The number of likely N-dealkylation sites (tertiary alicyclic amines) is 1. The third-order valence-corrected chi connectivity index (χ3v) is 13.5. The predicted molar refractivity (Wildman–Crippen MR) is 283 cm³/mol. The molecule has 380 valence electrons. The molecule has 0 unspecified atom stereocenters. The molecule has 10 rings (SSSR count). The van der Waals surface area contributed by atoms with Crippen LogP contribution < -0.4 is 16.0 Å². The van der Waals surface area contributed by atoms with Gasteiger partial charge in [0.25, 0.3) is 0 Å². The van der Waals surface area contributed by atoms with Gasteiger partial charge in [0.1, 0.15) is 34.7 Å². The van der Waals surface area contributed by atoms with Crippen LogP contribution in [0.1, 0.15) is 83.7 Å². The fraction of sp³-hybridized carbons (Fsp3) is 0.389. The van der Waals surface area contributed by atoms with Crippen molar-refractivity contribution < 1.29 is 13.6 Å². The van der Waals surface area contributed by atoms with Gasteiger partial charge in [0, 0.05) is 68.2 Å². The lowest BCUT2D eigenvalue weighted by atomic mass is 10.0. The van der Waals surface area contributed by atoms with Crippen LogP contribution >= 0.6 is 0 Å². The standard InChI is InChI=1S/C27H31FN8O.C27H33FN8/c1-5-34-10-11-35(25(37)16-34)15-19-6-9-24(29-13-19)32-27-30-14-21(28)26(33-27)20-7-8-22-23(12-20)36(17(2)3)18(4)31-22;1-5-35-12-10-20(11-13-35)32-21-7-9-25(29-15-21)33-27-30-16-22(28)26(34-27)19-6-8-23-24(14-19)36(17(2)3)18(4)31-23/h6-9,12-14,17H,5,10-11,15-16H2,1-4H3,(H,29,30,32,33);6-9,14-17,20,32H,5,10-13H2,1-4H3,(H,29,30,33,34). The average molecular weight is 991 g/mol. The van der Waals surface area contributed by atoms with Gasteiger partial charge in [0.15, 0.2) is 11.6 Å². The van der Waals surface area contributed by atoms with Gasteiger partial charge in [-0.05, 0) is 116 Å². The lowest BCUT2D eigenvalue weighted by Gasteiger charge is -2.33. The summed E-state index contributed by atoms with van der Waals surface area (Å²) in [6, 6.07) is 19.8. The minimum Gasteiger partial charge on any atom is -0.381 e. The zero-order chi connectivity index (χ0) is 51.3. The van der Waals surface area contributed by atoms with Crippen LogP contribution in [-0.2, 0) is 11.3 Å². The highest BCUT2D eigenvalue weighted by Crippen LogP contribution is 2.31. The van der Waals surface area contributed by atoms with Crippen molar-refractivity contribution in [3.8, 4) is 22.5 Å². The van der Waals surface area contributed by atoms with Crippen LogP contribution in [0.5, 0.6) is 0 Å². The summed E-state index contributed by atoms with van der Waals surface area (Å²) in [5, 5.41) is 9.74. The molecule has 0 radical (unpaired) electrons. The van der Waals surface area contributed by atoms with Crippen molar-refractivity contribution >= 4 is 57.2 Å². The van der Waals surface area contributed by atoms with Gasteiger partial charge < -0.3 is 34.9 Å². The fourth-order valence-corrected chi connectivity index (χ4v) is 9.70. The molecule has 17 nitrogen and oxygen atoms in total. The largest absolute Gasteiger partial charge is 0.381 e. The third kappa shape index (κ3) is 11.6. The molecule has 2 fully saturated rings. The van der Waals surface area contributed by atoms with E-state index in [1.165, 1.54) is 6.20 Å². The number of likely N-dealkylation sites (N-methyl/N-ethyl adjacent to an activating group) is 1. The number of halogens is 2. The number of aromatic nitrogens is 10. The first-order valence-corrected chi connectivity index (χ1v) is 25.2. The third-order valence-electron chi connectivity index (χ3n) is 13.5. The van der Waals surface area contributed by atoms with Crippen molar-refractivity contribution in [2.45, 2.75) is 92.9 Å². The summed E-state index contributed by atoms with van der Waals surface area (Å²) in [5.41, 5.74) is 7.32. The summed E-state index contributed by atoms with van der Waals surface area (Å²) in [6.07, 6.45) is 8.15. The second kappa shape index (κ2) is 22.1. The first kappa shape index (κ1) is 50.4. The van der Waals surface area contributed by atoms with Crippen LogP contribution in [0.4, 0.5) is 38.0 Å². The number of amides is 1. The molecule has 0 bridgehead atoms. The van der Waals surface area contributed by atoms with Gasteiger partial charge in [0.05, 0.1) is 52.9 Å². The molecule has 0 saturated carbocycles. The summed E-state index contributed by atoms with van der Waals surface area (Å²) in [5.74, 6) is 2.66. The van der Waals surface area contributed by atoms with Crippen LogP contribution in [0.3, 0.4) is 0 Å². The lowest BCUT2D eigenvalue weighted by Crippen LogP contribution is -2.49. The van der Waals surface area contributed by atoms with Crippen LogP contribution in [0.25, 0.3) is 44.6 Å². The van der Waals surface area contributed by atoms with E-state index < -0.39 is 11.6 Å². The highest BCUT2D eigenvalue weighted by molar-refractivity contribution is 5.84. The number of fused-ring (bicyclic) bond motifs is 2. The number of imidazole rings is 2. The number of rotatable bonds is 14. The molecule has 19 heteroatoms. The maximum atomic E-state index is 14.8. The number of piperidine rings is 1. The van der Waals surface area contributed by atoms with Gasteiger partial charge >= 0.3 is 0 Å². The second-order valence-electron chi connectivity index (χ2n) is 19.2. The molecule has 2 aliphatic heterocycles. The molecular weight excluding hydrogens is 927 g/mol. The van der Waals surface area contributed by atoms with Crippen molar-refractivity contribution in [3.63, 3.8) is 0 Å². The molecular formula is C54H64F2N16O. The quantitative estimate of drug-likeness (QED) is 0.0939. The molecule has 1 amide bonds. The molecule has 2 saturated heterocycles. The van der Waals surface area contributed by atoms with Crippen LogP contribution in [0.2, 0.25) is 0 Å². The van der Waals surface area contributed by atoms with Gasteiger partial charge in [-0.2, -0.15) is 0 Å². The maximum absolute atomic E-state index is 14.8. The van der Waals surface area contributed by atoms with Gasteiger partial charge in [0.2, 0.25) is 17.8 Å². The minimum atomic E-state index is -0.506. The van der Waals surface area contributed by atoms with E-state index in [-0.39, 0.29) is 35.3 Å². The number of pyridine rings is 2. The summed E-state index contributed by atoms with van der Waals surface area (Å²) >= 11 is 0. The number of hydrogen-bond acceptors (Lipinski definition) is 14. The summed E-state index contributed by atoms with van der Waals surface area (Å²) in [4.78, 5) is 54.2. The number of hydrogen-bond donors (Lipinski definition) is 3. The Hall–Kier alpha value is -7.51. The molecule has 0 atom stereocenters. The van der Waals surface area contributed by atoms with Crippen molar-refractivity contribution in [1.82, 2.24) is 63.7 Å². The van der Waals surface area contributed by atoms with Crippen LogP contribution in [0, 0.1) is 25.5 Å². The van der Waals surface area contributed by atoms with Gasteiger partial charge in [-0.15, -0.1) is 0 Å². The first-order valence-electron chi connectivity index (χ1n) is 25.2. The smallest absolute Gasteiger partial charge is 0.237 e. The van der Waals surface area contributed by atoms with Gasteiger partial charge in [-0.3, -0.25) is 9.69 Å². The van der Waals surface area contributed by atoms with Gasteiger partial charge in [-0.25, -0.2) is 48.7 Å². The first-order chi connectivity index (χ1) is 35.2. The van der Waals surface area contributed by atoms with E-state index in [4.69, 9.17) is 0 Å². The Morgan fingerprint density at radius 1 is 0.616 bits per heavy atom. The van der Waals surface area contributed by atoms with Gasteiger partial charge in [-0.1, -0.05) is 32.0 Å². The number of piperazine rings is 1. The number of benzene rings is 2. The van der Waals surface area contributed by atoms with E-state index in [1.807, 2.05) is 85.6 Å². The number of carbonyl (C=O) groups excluding carboxylic acids is 1. The zero-order valence-corrected chi connectivity index (χ0v) is 42.9. The maximum Gasteiger partial charge on any atom is 0.237 e. The monoisotopic (exact) mass is 991 g/mol. The molecule has 3 N–H and O–H groups in total. The number of aryl methyl sites for hydroxylation is 2. The van der Waals surface area contributed by atoms with E-state index in [0.29, 0.717) is 54.4 Å². The summed E-state index contributed by atoms with van der Waals surface area (Å²) in [6.45, 7) is 23.4. The highest BCUT2D eigenvalue weighted by atomic mass is 19.1. The zero-order valence-electron chi connectivity index (χ0n) is 42.9. The molecule has 73 heavy (non-hydrogen) atoms. The fourth-order valence-electron chi connectivity index (χ4n) is 9.70. The Morgan fingerprint density at radius 3 is 1.62 bits per heavy atom. The van der Waals surface area contributed by atoms with E-state index >= 15 is 0 Å². The number of nitrogens with zero attached hydrogens (tertiary/aromatic N) is 13. The van der Waals surface area contributed by atoms with Crippen molar-refractivity contribution in [2.24, 2.45) is 0 Å². The average Bonchev–Trinajstić information content (AvgIpc) is 3.91.